The number of hydrogen-bond acceptors (Lipinski definition) is 7. The van der Waals surface area contributed by atoms with Crippen LogP contribution in [0, 0.1) is 0 Å². The van der Waals surface area contributed by atoms with Gasteiger partial charge in [0.05, 0.1) is 24.2 Å². The highest BCUT2D eigenvalue weighted by molar-refractivity contribution is 7.98. The van der Waals surface area contributed by atoms with Gasteiger partial charge in [-0.2, -0.15) is 0 Å². The predicted molar refractivity (Wildman–Crippen MR) is 103 cm³/mol. The van der Waals surface area contributed by atoms with E-state index in [-0.39, 0.29) is 18.1 Å². The Morgan fingerprint density at radius 3 is 2.64 bits per heavy atom. The van der Waals surface area contributed by atoms with E-state index in [4.69, 9.17) is 4.42 Å². The Morgan fingerprint density at radius 1 is 1.07 bits per heavy atom. The molecular weight excluding hydrogens is 376 g/mol. The Hall–Kier alpha value is -3.46. The molecule has 0 aliphatic carbocycles. The van der Waals surface area contributed by atoms with Crippen molar-refractivity contribution in [3.05, 3.63) is 84.3 Å². The molecule has 0 bridgehead atoms. The minimum atomic E-state index is -0.317. The molecule has 3 heterocycles. The van der Waals surface area contributed by atoms with Crippen LogP contribution in [-0.4, -0.2) is 30.9 Å². The lowest BCUT2D eigenvalue weighted by atomic mass is 10.3. The second-order valence-corrected chi connectivity index (χ2v) is 6.66. The quantitative estimate of drug-likeness (QED) is 0.381. The summed E-state index contributed by atoms with van der Waals surface area (Å²) in [5.74, 6) is 0.788. The van der Waals surface area contributed by atoms with Gasteiger partial charge in [0, 0.05) is 18.1 Å². The van der Waals surface area contributed by atoms with Crippen LogP contribution in [0.5, 0.6) is 0 Å². The molecule has 3 aromatic heterocycles. The molecule has 4 rings (SSSR count). The number of carbonyl (C=O) groups excluding carboxylic acids is 1. The van der Waals surface area contributed by atoms with Crippen molar-refractivity contribution >= 4 is 17.7 Å². The van der Waals surface area contributed by atoms with E-state index >= 15 is 0 Å². The third kappa shape index (κ3) is 4.09. The zero-order valence-electron chi connectivity index (χ0n) is 14.7. The van der Waals surface area contributed by atoms with E-state index in [2.05, 4.69) is 25.6 Å². The first-order valence-electron chi connectivity index (χ1n) is 8.51. The first-order valence-corrected chi connectivity index (χ1v) is 9.50. The fourth-order valence-electron chi connectivity index (χ4n) is 2.54. The van der Waals surface area contributed by atoms with Gasteiger partial charge < -0.3 is 9.73 Å². The van der Waals surface area contributed by atoms with E-state index in [1.807, 2.05) is 30.3 Å². The van der Waals surface area contributed by atoms with Crippen molar-refractivity contribution in [2.45, 2.75) is 17.5 Å². The first kappa shape index (κ1) is 17.9. The summed E-state index contributed by atoms with van der Waals surface area (Å²) in [6.45, 7) is 0.276. The standard InChI is InChI=1S/C19H16N6O2S/c26-18(22-12-15-8-4-11-27-15)17-16(13-28-19-20-9-5-10-21-19)25(24-23-17)14-6-2-1-3-7-14/h1-11H,12-13H2,(H,22,26). The molecule has 1 N–H and O–H groups in total. The number of nitrogens with one attached hydrogen (secondary N) is 1. The van der Waals surface area contributed by atoms with Gasteiger partial charge in [-0.25, -0.2) is 14.6 Å². The number of rotatable bonds is 7. The number of para-hydroxylation sites is 1. The lowest BCUT2D eigenvalue weighted by Gasteiger charge is -2.08. The van der Waals surface area contributed by atoms with Crippen molar-refractivity contribution in [1.82, 2.24) is 30.3 Å². The lowest BCUT2D eigenvalue weighted by molar-refractivity contribution is 0.0942. The smallest absolute Gasteiger partial charge is 0.274 e. The van der Waals surface area contributed by atoms with Crippen LogP contribution in [0.3, 0.4) is 0 Å². The minimum absolute atomic E-state index is 0.263. The van der Waals surface area contributed by atoms with Gasteiger partial charge in [0.15, 0.2) is 10.9 Å². The van der Waals surface area contributed by atoms with Crippen molar-refractivity contribution in [2.24, 2.45) is 0 Å². The zero-order valence-corrected chi connectivity index (χ0v) is 15.5. The summed E-state index contributed by atoms with van der Waals surface area (Å²) in [5.41, 5.74) is 1.75. The first-order chi connectivity index (χ1) is 13.8. The van der Waals surface area contributed by atoms with Gasteiger partial charge in [-0.3, -0.25) is 4.79 Å². The number of carbonyl (C=O) groups is 1. The lowest BCUT2D eigenvalue weighted by Crippen LogP contribution is -2.24. The molecule has 0 saturated heterocycles. The second kappa shape index (κ2) is 8.49. The summed E-state index contributed by atoms with van der Waals surface area (Å²) >= 11 is 1.41. The van der Waals surface area contributed by atoms with Gasteiger partial charge in [-0.05, 0) is 30.3 Å². The topological polar surface area (TPSA) is 98.7 Å². The highest BCUT2D eigenvalue weighted by Gasteiger charge is 2.21. The molecule has 8 nitrogen and oxygen atoms in total. The van der Waals surface area contributed by atoms with E-state index in [1.54, 1.807) is 41.5 Å². The van der Waals surface area contributed by atoms with Gasteiger partial charge in [0.25, 0.3) is 5.91 Å². The van der Waals surface area contributed by atoms with Gasteiger partial charge in [0.1, 0.15) is 5.76 Å². The average molecular weight is 392 g/mol. The van der Waals surface area contributed by atoms with E-state index in [0.29, 0.717) is 22.4 Å². The molecule has 0 radical (unpaired) electrons. The van der Waals surface area contributed by atoms with Gasteiger partial charge in [0.2, 0.25) is 0 Å². The fourth-order valence-corrected chi connectivity index (χ4v) is 3.34. The van der Waals surface area contributed by atoms with E-state index in [9.17, 15) is 4.79 Å². The number of aromatic nitrogens is 5. The molecule has 0 unspecified atom stereocenters. The molecule has 0 aliphatic heterocycles. The van der Waals surface area contributed by atoms with Gasteiger partial charge >= 0.3 is 0 Å². The van der Waals surface area contributed by atoms with Crippen molar-refractivity contribution in [2.75, 3.05) is 0 Å². The zero-order chi connectivity index (χ0) is 19.2. The van der Waals surface area contributed by atoms with E-state index in [1.165, 1.54) is 11.8 Å². The number of thioether (sulfide) groups is 1. The maximum atomic E-state index is 12.7. The molecule has 140 valence electrons. The maximum Gasteiger partial charge on any atom is 0.274 e. The van der Waals surface area contributed by atoms with E-state index < -0.39 is 0 Å². The molecular formula is C19H16N6O2S. The highest BCUT2D eigenvalue weighted by Crippen LogP contribution is 2.22. The van der Waals surface area contributed by atoms with Gasteiger partial charge in [-0.15, -0.1) is 5.10 Å². The summed E-state index contributed by atoms with van der Waals surface area (Å²) in [4.78, 5) is 21.1. The van der Waals surface area contributed by atoms with Crippen LogP contribution in [0.4, 0.5) is 0 Å². The van der Waals surface area contributed by atoms with Crippen molar-refractivity contribution < 1.29 is 9.21 Å². The fraction of sp³-hybridized carbons (Fsp3) is 0.105. The van der Waals surface area contributed by atoms with Crippen LogP contribution in [-0.2, 0) is 12.3 Å². The molecule has 1 aromatic carbocycles. The third-order valence-electron chi connectivity index (χ3n) is 3.86. The Balaban J connectivity index is 1.59. The predicted octanol–water partition coefficient (Wildman–Crippen LogP) is 2.87. The Kier molecular flexibility index (Phi) is 5.43. The number of benzene rings is 1. The van der Waals surface area contributed by atoms with Crippen LogP contribution in [0.25, 0.3) is 5.69 Å². The molecule has 9 heteroatoms. The number of nitrogens with zero attached hydrogens (tertiary/aromatic N) is 5. The van der Waals surface area contributed by atoms with E-state index in [0.717, 1.165) is 5.69 Å². The number of furan rings is 1. The summed E-state index contributed by atoms with van der Waals surface area (Å²) in [6.07, 6.45) is 4.92. The molecule has 0 saturated carbocycles. The average Bonchev–Trinajstić information content (AvgIpc) is 3.42. The Labute approximate surface area is 165 Å². The van der Waals surface area contributed by atoms with Gasteiger partial charge in [-0.1, -0.05) is 35.2 Å². The van der Waals surface area contributed by atoms with Crippen LogP contribution < -0.4 is 5.32 Å². The summed E-state index contributed by atoms with van der Waals surface area (Å²) in [5, 5.41) is 11.7. The molecule has 4 aromatic rings. The number of amides is 1. The second-order valence-electron chi connectivity index (χ2n) is 5.71. The molecule has 28 heavy (non-hydrogen) atoms. The maximum absolute atomic E-state index is 12.7. The number of hydrogen-bond donors (Lipinski definition) is 1. The van der Waals surface area contributed by atoms with Crippen LogP contribution >= 0.6 is 11.8 Å². The SMILES string of the molecule is O=C(NCc1ccco1)c1nnn(-c2ccccc2)c1CSc1ncccn1. The molecule has 1 amide bonds. The van der Waals surface area contributed by atoms with Crippen molar-refractivity contribution in [1.29, 1.82) is 0 Å². The third-order valence-corrected chi connectivity index (χ3v) is 4.75. The largest absolute Gasteiger partial charge is 0.467 e. The van der Waals surface area contributed by atoms with Crippen LogP contribution in [0.2, 0.25) is 0 Å². The monoisotopic (exact) mass is 392 g/mol. The molecule has 0 fully saturated rings. The summed E-state index contributed by atoms with van der Waals surface area (Å²) in [7, 11) is 0. The summed E-state index contributed by atoms with van der Waals surface area (Å²) in [6, 6.07) is 14.9. The highest BCUT2D eigenvalue weighted by atomic mass is 32.2. The molecule has 0 aliphatic rings. The van der Waals surface area contributed by atoms with Crippen LogP contribution in [0.15, 0.2) is 76.8 Å². The normalized spacial score (nSPS) is 10.7. The van der Waals surface area contributed by atoms with Crippen molar-refractivity contribution in [3.8, 4) is 5.69 Å². The molecule has 0 atom stereocenters. The Morgan fingerprint density at radius 2 is 1.89 bits per heavy atom. The minimum Gasteiger partial charge on any atom is -0.467 e. The Bertz CT molecular complexity index is 1040. The summed E-state index contributed by atoms with van der Waals surface area (Å²) < 4.78 is 6.92. The van der Waals surface area contributed by atoms with Crippen LogP contribution in [0.1, 0.15) is 21.9 Å². The molecule has 0 spiro atoms. The van der Waals surface area contributed by atoms with Crippen molar-refractivity contribution in [3.63, 3.8) is 0 Å².